The minimum atomic E-state index is -2.84. The van der Waals surface area contributed by atoms with E-state index in [4.69, 9.17) is 4.74 Å². The highest BCUT2D eigenvalue weighted by Crippen LogP contribution is 2.57. The van der Waals surface area contributed by atoms with Crippen LogP contribution >= 0.6 is 0 Å². The predicted molar refractivity (Wildman–Crippen MR) is 50.2 cm³/mol. The van der Waals surface area contributed by atoms with E-state index < -0.39 is 29.1 Å². The van der Waals surface area contributed by atoms with Crippen LogP contribution in [0.1, 0.15) is 19.3 Å². The van der Waals surface area contributed by atoms with Crippen molar-refractivity contribution in [2.24, 2.45) is 5.92 Å². The molecule has 0 amide bonds. The zero-order valence-corrected chi connectivity index (χ0v) is 9.00. The number of carbonyl (C=O) groups is 1. The highest BCUT2D eigenvalue weighted by atomic mass is 16.8. The number of carbonyl (C=O) groups excluding carboxylic acids is 1. The largest absolute Gasteiger partial charge is 0.412 e. The number of aliphatic hydroxyl groups excluding tert-OH is 1. The zero-order valence-electron chi connectivity index (χ0n) is 9.00. The van der Waals surface area contributed by atoms with E-state index >= 15 is 0 Å². The molecule has 0 aliphatic carbocycles. The average molecular weight is 246 g/mol. The maximum absolute atomic E-state index is 11.0. The van der Waals surface area contributed by atoms with Gasteiger partial charge in [-0.15, -0.1) is 0 Å². The Morgan fingerprint density at radius 1 is 1.47 bits per heavy atom. The summed E-state index contributed by atoms with van der Waals surface area (Å²) in [5.41, 5.74) is -1.53. The van der Waals surface area contributed by atoms with E-state index in [0.29, 0.717) is 12.8 Å². The number of cyclic esters (lactones) is 1. The molecule has 3 heterocycles. The van der Waals surface area contributed by atoms with E-state index in [9.17, 15) is 25.2 Å². The summed E-state index contributed by atoms with van der Waals surface area (Å²) >= 11 is 0. The Morgan fingerprint density at radius 2 is 2.12 bits per heavy atom. The lowest BCUT2D eigenvalue weighted by Crippen LogP contribution is -2.66. The number of rotatable bonds is 3. The van der Waals surface area contributed by atoms with Gasteiger partial charge in [0.25, 0.3) is 5.79 Å². The molecule has 0 aromatic carbocycles. The van der Waals surface area contributed by atoms with Crippen LogP contribution in [0, 0.1) is 5.92 Å². The zero-order chi connectivity index (χ0) is 12.5. The molecule has 0 aromatic rings. The lowest BCUT2D eigenvalue weighted by molar-refractivity contribution is -0.351. The molecule has 2 bridgehead atoms. The fourth-order valence-electron chi connectivity index (χ4n) is 3.14. The molecule has 4 N–H and O–H groups in total. The van der Waals surface area contributed by atoms with Crippen molar-refractivity contribution in [3.05, 3.63) is 0 Å². The Hall–Kier alpha value is -0.730. The number of aliphatic hydroxyl groups is 4. The molecule has 4 atom stereocenters. The van der Waals surface area contributed by atoms with Gasteiger partial charge in [0.15, 0.2) is 0 Å². The first-order chi connectivity index (χ1) is 7.87. The molecule has 4 unspecified atom stereocenters. The van der Waals surface area contributed by atoms with Crippen molar-refractivity contribution in [1.82, 2.24) is 0 Å². The molecule has 7 nitrogen and oxygen atoms in total. The van der Waals surface area contributed by atoms with Gasteiger partial charge in [-0.05, 0) is 19.3 Å². The molecule has 0 saturated carbocycles. The SMILES string of the molecule is O=C1OC1(O)C(O)(O)C12CCC(CC1CO)O2. The fourth-order valence-corrected chi connectivity index (χ4v) is 3.14. The van der Waals surface area contributed by atoms with Gasteiger partial charge in [-0.25, -0.2) is 4.79 Å². The van der Waals surface area contributed by atoms with E-state index in [-0.39, 0.29) is 19.1 Å². The van der Waals surface area contributed by atoms with Crippen LogP contribution in [-0.4, -0.2) is 56.3 Å². The average Bonchev–Trinajstić information content (AvgIpc) is 2.73. The number of fused-ring (bicyclic) bond motifs is 2. The smallest absolute Gasteiger partial charge is 0.389 e. The molecule has 3 fully saturated rings. The molecular weight excluding hydrogens is 232 g/mol. The Labute approximate surface area is 96.6 Å². The van der Waals surface area contributed by atoms with Crippen LogP contribution in [0.25, 0.3) is 0 Å². The van der Waals surface area contributed by atoms with Crippen LogP contribution in [0.5, 0.6) is 0 Å². The van der Waals surface area contributed by atoms with Crippen LogP contribution < -0.4 is 0 Å². The third kappa shape index (κ3) is 1.11. The summed E-state index contributed by atoms with van der Waals surface area (Å²) in [6, 6.07) is 0. The van der Waals surface area contributed by atoms with E-state index in [0.717, 1.165) is 0 Å². The predicted octanol–water partition coefficient (Wildman–Crippen LogP) is -2.16. The monoisotopic (exact) mass is 246 g/mol. The Bertz CT molecular complexity index is 381. The fraction of sp³-hybridized carbons (Fsp3) is 0.900. The summed E-state index contributed by atoms with van der Waals surface area (Å²) in [4.78, 5) is 11.0. The van der Waals surface area contributed by atoms with Crippen LogP contribution in [0.15, 0.2) is 0 Å². The van der Waals surface area contributed by atoms with Gasteiger partial charge in [0.2, 0.25) is 0 Å². The maximum Gasteiger partial charge on any atom is 0.389 e. The summed E-state index contributed by atoms with van der Waals surface area (Å²) in [6.45, 7) is -0.302. The first-order valence-corrected chi connectivity index (χ1v) is 5.56. The first kappa shape index (κ1) is 11.4. The van der Waals surface area contributed by atoms with Gasteiger partial charge in [0.05, 0.1) is 6.10 Å². The second-order valence-electron chi connectivity index (χ2n) is 4.99. The van der Waals surface area contributed by atoms with Crippen molar-refractivity contribution in [1.29, 1.82) is 0 Å². The van der Waals surface area contributed by atoms with Gasteiger partial charge >= 0.3 is 11.8 Å². The molecule has 7 heteroatoms. The van der Waals surface area contributed by atoms with Gasteiger partial charge in [-0.1, -0.05) is 0 Å². The third-order valence-electron chi connectivity index (χ3n) is 4.18. The number of epoxide rings is 1. The molecule has 0 radical (unpaired) electrons. The second kappa shape index (κ2) is 2.99. The summed E-state index contributed by atoms with van der Waals surface area (Å²) in [6.07, 6.45) is 1.16. The minimum absolute atomic E-state index is 0.178. The van der Waals surface area contributed by atoms with Crippen molar-refractivity contribution in [3.8, 4) is 0 Å². The van der Waals surface area contributed by atoms with E-state index in [1.165, 1.54) is 0 Å². The molecule has 17 heavy (non-hydrogen) atoms. The molecule has 96 valence electrons. The van der Waals surface area contributed by atoms with Crippen LogP contribution in [0.2, 0.25) is 0 Å². The van der Waals surface area contributed by atoms with Crippen LogP contribution in [0.4, 0.5) is 0 Å². The Morgan fingerprint density at radius 3 is 2.59 bits per heavy atom. The lowest BCUT2D eigenvalue weighted by Gasteiger charge is -2.41. The topological polar surface area (TPSA) is 120 Å². The van der Waals surface area contributed by atoms with Gasteiger partial charge in [-0.3, -0.25) is 0 Å². The summed E-state index contributed by atoms with van der Waals surface area (Å²) in [5.74, 6) is -7.08. The third-order valence-corrected chi connectivity index (χ3v) is 4.18. The van der Waals surface area contributed by atoms with Crippen molar-refractivity contribution in [2.45, 2.75) is 42.5 Å². The number of hydrogen-bond acceptors (Lipinski definition) is 7. The van der Waals surface area contributed by atoms with Crippen LogP contribution in [-0.2, 0) is 14.3 Å². The molecular formula is C10H14O7. The van der Waals surface area contributed by atoms with Crippen molar-refractivity contribution in [3.63, 3.8) is 0 Å². The summed E-state index contributed by atoms with van der Waals surface area (Å²) in [5, 5.41) is 39.1. The summed E-state index contributed by atoms with van der Waals surface area (Å²) in [7, 11) is 0. The quantitative estimate of drug-likeness (QED) is 0.331. The van der Waals surface area contributed by atoms with Gasteiger partial charge in [-0.2, -0.15) is 0 Å². The van der Waals surface area contributed by atoms with Crippen LogP contribution in [0.3, 0.4) is 0 Å². The Balaban J connectivity index is 1.99. The summed E-state index contributed by atoms with van der Waals surface area (Å²) < 4.78 is 9.77. The van der Waals surface area contributed by atoms with E-state index in [1.54, 1.807) is 0 Å². The van der Waals surface area contributed by atoms with Crippen molar-refractivity contribution >= 4 is 5.97 Å². The molecule has 3 saturated heterocycles. The first-order valence-electron chi connectivity index (χ1n) is 5.56. The maximum atomic E-state index is 11.0. The Kier molecular flexibility index (Phi) is 2.00. The normalized spacial score (nSPS) is 48.4. The van der Waals surface area contributed by atoms with E-state index in [2.05, 4.69) is 4.74 Å². The molecule has 0 aromatic heterocycles. The number of ether oxygens (including phenoxy) is 2. The second-order valence-corrected chi connectivity index (χ2v) is 4.99. The molecule has 3 rings (SSSR count). The van der Waals surface area contributed by atoms with Gasteiger partial charge < -0.3 is 29.9 Å². The standard InChI is InChI=1S/C10H14O7/c11-4-5-3-6-1-2-8(5,16-6)10(14,15)9(13)7(12)17-9/h5-6,11,13-15H,1-4H2. The van der Waals surface area contributed by atoms with Gasteiger partial charge in [0.1, 0.15) is 5.60 Å². The highest BCUT2D eigenvalue weighted by molar-refractivity contribution is 5.92. The van der Waals surface area contributed by atoms with Gasteiger partial charge in [0, 0.05) is 12.5 Å². The highest BCUT2D eigenvalue weighted by Gasteiger charge is 2.82. The minimum Gasteiger partial charge on any atom is -0.412 e. The molecule has 3 aliphatic heterocycles. The molecule has 0 spiro atoms. The number of hydrogen-bond donors (Lipinski definition) is 4. The van der Waals surface area contributed by atoms with Crippen molar-refractivity contribution in [2.75, 3.05) is 6.61 Å². The van der Waals surface area contributed by atoms with E-state index in [1.807, 2.05) is 0 Å². The lowest BCUT2D eigenvalue weighted by atomic mass is 9.72. The molecule has 3 aliphatic rings. The van der Waals surface area contributed by atoms with Crippen molar-refractivity contribution < 1.29 is 34.7 Å².